The number of carbonyl (C=O) groups excluding carboxylic acids is 3. The molecule has 2 aliphatic heterocycles. The van der Waals surface area contributed by atoms with Crippen LogP contribution in [0.3, 0.4) is 0 Å². The number of aryl methyl sites for hydroxylation is 2. The molecule has 3 amide bonds. The highest BCUT2D eigenvalue weighted by atomic mass is 16.5. The lowest BCUT2D eigenvalue weighted by Crippen LogP contribution is -2.46. The zero-order chi connectivity index (χ0) is 33.2. The lowest BCUT2D eigenvalue weighted by Gasteiger charge is -2.43. The fourth-order valence-electron chi connectivity index (χ4n) is 7.24. The van der Waals surface area contributed by atoms with Gasteiger partial charge in [-0.1, -0.05) is 24.3 Å². The first kappa shape index (κ1) is 32.2. The number of fused-ring (bicyclic) bond motifs is 3. The van der Waals surface area contributed by atoms with Gasteiger partial charge in [-0.05, 0) is 121 Å². The van der Waals surface area contributed by atoms with Gasteiger partial charge < -0.3 is 24.3 Å². The lowest BCUT2D eigenvalue weighted by molar-refractivity contribution is -0.137. The fourth-order valence-corrected chi connectivity index (χ4v) is 7.24. The van der Waals surface area contributed by atoms with Crippen LogP contribution in [0.4, 0.5) is 4.79 Å². The van der Waals surface area contributed by atoms with E-state index in [4.69, 9.17) is 14.1 Å². The molecule has 2 saturated heterocycles. The molecule has 2 N–H and O–H groups in total. The van der Waals surface area contributed by atoms with Gasteiger partial charge in [0.1, 0.15) is 18.1 Å². The molecular formula is C36H37BN2O8. The number of hydrogen-bond donors (Lipinski definition) is 2. The number of benzene rings is 2. The predicted octanol–water partition coefficient (Wildman–Crippen LogP) is 5.37. The van der Waals surface area contributed by atoms with E-state index in [-0.39, 0.29) is 25.1 Å². The van der Waals surface area contributed by atoms with Gasteiger partial charge >= 0.3 is 13.2 Å². The van der Waals surface area contributed by atoms with E-state index in [9.17, 15) is 24.5 Å². The van der Waals surface area contributed by atoms with Gasteiger partial charge in [-0.3, -0.25) is 14.6 Å². The minimum Gasteiger partial charge on any atom is -0.507 e. The third-order valence-corrected chi connectivity index (χ3v) is 9.35. The summed E-state index contributed by atoms with van der Waals surface area (Å²) in [6.07, 6.45) is 3.43. The Bertz CT molecular complexity index is 1720. The monoisotopic (exact) mass is 636 g/mol. The van der Waals surface area contributed by atoms with E-state index in [1.807, 2.05) is 80.6 Å². The molecule has 3 heterocycles. The van der Waals surface area contributed by atoms with Gasteiger partial charge in [0.15, 0.2) is 0 Å². The number of hydrogen-bond acceptors (Lipinski definition) is 9. The molecule has 0 bridgehead atoms. The van der Waals surface area contributed by atoms with E-state index in [1.165, 1.54) is 0 Å². The molecule has 3 aliphatic rings. The molecule has 242 valence electrons. The molecule has 4 atom stereocenters. The molecule has 1 aromatic heterocycles. The van der Waals surface area contributed by atoms with Gasteiger partial charge in [-0.15, -0.1) is 0 Å². The smallest absolute Gasteiger partial charge is 0.455 e. The van der Waals surface area contributed by atoms with Crippen molar-refractivity contribution in [3.63, 3.8) is 0 Å². The van der Waals surface area contributed by atoms with Crippen molar-refractivity contribution < 1.29 is 38.6 Å². The van der Waals surface area contributed by atoms with Crippen molar-refractivity contribution in [3.05, 3.63) is 100 Å². The standard InChI is InChI=1S/C36H37BN2O8/c1-21-15-23(16-22(2)33(21)40)17-24(29-11-7-8-14-38-29)12-13-30-31-25(20-46-26-9-5-4-6-10-26)18-27-32(28(31)19-37(44)47-30)35(42)39(34(27)41)36(43)45-3/h4-11,14-17,27-28,30,32,40,44H,12-13,18-20H2,1-3H3/b24-17-/t27-,28+,30-,32-/m1/s1. The molecule has 0 radical (unpaired) electrons. The summed E-state index contributed by atoms with van der Waals surface area (Å²) in [4.78, 5) is 44.8. The maximum absolute atomic E-state index is 13.6. The van der Waals surface area contributed by atoms with E-state index in [1.54, 1.807) is 6.20 Å². The molecule has 2 fully saturated rings. The summed E-state index contributed by atoms with van der Waals surface area (Å²) in [6, 6.07) is 18.8. The number of phenolic OH excluding ortho intramolecular Hbond substituents is 1. The number of imide groups is 3. The van der Waals surface area contributed by atoms with Gasteiger partial charge in [-0.25, -0.2) is 4.79 Å². The SMILES string of the molecule is COC(=O)N1C(=O)[C@@H]2[C@@H](CC(COc3ccccc3)=C3[C@@H](CC/C(=C/c4cc(C)c(O)c(C)c4)c4ccccn4)OB(O)C[C@@H]32)C1=O. The Hall–Kier alpha value is -4.74. The molecule has 0 saturated carbocycles. The lowest BCUT2D eigenvalue weighted by atomic mass is 9.58. The summed E-state index contributed by atoms with van der Waals surface area (Å²) in [6.45, 7) is 3.87. The number of phenols is 1. The molecule has 47 heavy (non-hydrogen) atoms. The van der Waals surface area contributed by atoms with Crippen LogP contribution in [-0.2, 0) is 19.0 Å². The van der Waals surface area contributed by atoms with Crippen molar-refractivity contribution in [1.29, 1.82) is 0 Å². The Labute approximate surface area is 273 Å². The Kier molecular flexibility index (Phi) is 9.29. The summed E-state index contributed by atoms with van der Waals surface area (Å²) >= 11 is 0. The highest BCUT2D eigenvalue weighted by Gasteiger charge is 2.59. The zero-order valence-corrected chi connectivity index (χ0v) is 26.6. The molecule has 10 nitrogen and oxygen atoms in total. The number of amides is 3. The molecule has 6 rings (SSSR count). The minimum absolute atomic E-state index is 0.102. The largest absolute Gasteiger partial charge is 0.507 e. The number of nitrogens with zero attached hydrogens (tertiary/aromatic N) is 2. The molecular weight excluding hydrogens is 599 g/mol. The van der Waals surface area contributed by atoms with Crippen LogP contribution in [-0.4, -0.2) is 64.9 Å². The van der Waals surface area contributed by atoms with Gasteiger partial charge in [0.2, 0.25) is 11.8 Å². The first-order valence-corrected chi connectivity index (χ1v) is 15.8. The topological polar surface area (TPSA) is 135 Å². The number of pyridine rings is 1. The highest BCUT2D eigenvalue weighted by molar-refractivity contribution is 6.43. The number of aromatic nitrogens is 1. The predicted molar refractivity (Wildman–Crippen MR) is 175 cm³/mol. The average Bonchev–Trinajstić information content (AvgIpc) is 3.33. The van der Waals surface area contributed by atoms with Crippen LogP contribution in [0.5, 0.6) is 11.5 Å². The van der Waals surface area contributed by atoms with Crippen LogP contribution in [0, 0.1) is 31.6 Å². The summed E-state index contributed by atoms with van der Waals surface area (Å²) in [5.41, 5.74) is 5.79. The van der Waals surface area contributed by atoms with Crippen LogP contribution < -0.4 is 4.74 Å². The van der Waals surface area contributed by atoms with Crippen LogP contribution >= 0.6 is 0 Å². The van der Waals surface area contributed by atoms with Crippen molar-refractivity contribution in [2.24, 2.45) is 17.8 Å². The molecule has 3 aromatic rings. The van der Waals surface area contributed by atoms with Crippen LogP contribution in [0.25, 0.3) is 11.6 Å². The van der Waals surface area contributed by atoms with Crippen molar-refractivity contribution >= 4 is 36.7 Å². The third-order valence-electron chi connectivity index (χ3n) is 9.35. The molecule has 2 aromatic carbocycles. The van der Waals surface area contributed by atoms with E-state index in [0.717, 1.165) is 46.2 Å². The zero-order valence-electron chi connectivity index (χ0n) is 26.6. The Balaban J connectivity index is 1.37. The Morgan fingerprint density at radius 1 is 1.06 bits per heavy atom. The molecule has 0 unspecified atom stereocenters. The summed E-state index contributed by atoms with van der Waals surface area (Å²) in [5.74, 6) is -2.44. The second-order valence-electron chi connectivity index (χ2n) is 12.3. The Morgan fingerprint density at radius 3 is 2.47 bits per heavy atom. The molecule has 0 spiro atoms. The normalized spacial score (nSPS) is 22.7. The maximum atomic E-state index is 13.6. The third kappa shape index (κ3) is 6.46. The van der Waals surface area contributed by atoms with Crippen molar-refractivity contribution in [2.45, 2.75) is 45.5 Å². The Morgan fingerprint density at radius 2 is 1.79 bits per heavy atom. The maximum Gasteiger partial charge on any atom is 0.455 e. The number of methoxy groups -OCH3 is 1. The summed E-state index contributed by atoms with van der Waals surface area (Å²) in [7, 11) is -0.0430. The quantitative estimate of drug-likeness (QED) is 0.190. The van der Waals surface area contributed by atoms with Crippen molar-refractivity contribution in [1.82, 2.24) is 9.88 Å². The second kappa shape index (κ2) is 13.6. The number of likely N-dealkylation sites (tertiary alicyclic amines) is 1. The van der Waals surface area contributed by atoms with Crippen LogP contribution in [0.2, 0.25) is 6.32 Å². The first-order valence-electron chi connectivity index (χ1n) is 15.8. The summed E-state index contributed by atoms with van der Waals surface area (Å²) < 4.78 is 17.1. The fraction of sp³-hybridized carbons (Fsp3) is 0.333. The number of carbonyl (C=O) groups is 3. The number of allylic oxidation sites excluding steroid dienone is 1. The first-order chi connectivity index (χ1) is 22.7. The minimum atomic E-state index is -1.18. The molecule has 1 aliphatic carbocycles. The average molecular weight is 637 g/mol. The van der Waals surface area contributed by atoms with Crippen LogP contribution in [0.1, 0.15) is 41.6 Å². The molecule has 11 heteroatoms. The van der Waals surface area contributed by atoms with Crippen molar-refractivity contribution in [3.8, 4) is 11.5 Å². The van der Waals surface area contributed by atoms with E-state index in [2.05, 4.69) is 4.98 Å². The highest BCUT2D eigenvalue weighted by Crippen LogP contribution is 2.51. The van der Waals surface area contributed by atoms with E-state index >= 15 is 0 Å². The number of ether oxygens (including phenoxy) is 2. The van der Waals surface area contributed by atoms with E-state index in [0.29, 0.717) is 23.5 Å². The number of aromatic hydroxyl groups is 1. The van der Waals surface area contributed by atoms with Gasteiger partial charge in [-0.2, -0.15) is 4.90 Å². The van der Waals surface area contributed by atoms with Crippen molar-refractivity contribution in [2.75, 3.05) is 13.7 Å². The summed E-state index contributed by atoms with van der Waals surface area (Å²) in [5, 5.41) is 21.3. The number of para-hydroxylation sites is 1. The van der Waals surface area contributed by atoms with Gasteiger partial charge in [0.25, 0.3) is 0 Å². The van der Waals surface area contributed by atoms with Gasteiger partial charge in [0.05, 0.1) is 30.7 Å². The van der Waals surface area contributed by atoms with Gasteiger partial charge in [0, 0.05) is 6.20 Å². The van der Waals surface area contributed by atoms with E-state index < -0.39 is 48.9 Å². The number of rotatable bonds is 8. The second-order valence-corrected chi connectivity index (χ2v) is 12.3. The van der Waals surface area contributed by atoms with Crippen LogP contribution in [0.15, 0.2) is 78.0 Å².